The van der Waals surface area contributed by atoms with Crippen LogP contribution in [0.25, 0.3) is 0 Å². The molecule has 108 valence electrons. The zero-order valence-electron chi connectivity index (χ0n) is 12.5. The van der Waals surface area contributed by atoms with Crippen LogP contribution in [0.4, 0.5) is 5.82 Å². The smallest absolute Gasteiger partial charge is 0.137 e. The lowest BCUT2D eigenvalue weighted by molar-refractivity contribution is 0.204. The Balaban J connectivity index is 3.08. The van der Waals surface area contributed by atoms with Crippen molar-refractivity contribution in [1.29, 1.82) is 0 Å². The number of rotatable bonds is 7. The predicted octanol–water partition coefficient (Wildman–Crippen LogP) is 3.11. The third-order valence-electron chi connectivity index (χ3n) is 2.87. The molecule has 1 heterocycles. The highest BCUT2D eigenvalue weighted by Gasteiger charge is 2.16. The van der Waals surface area contributed by atoms with E-state index in [1.54, 1.807) is 7.11 Å². The molecule has 0 saturated carbocycles. The second-order valence-corrected chi connectivity index (χ2v) is 5.42. The third-order valence-corrected chi connectivity index (χ3v) is 3.24. The van der Waals surface area contributed by atoms with Gasteiger partial charge in [-0.25, -0.2) is 9.97 Å². The topological polar surface area (TPSA) is 38.2 Å². The molecule has 0 N–H and O–H groups in total. The summed E-state index contributed by atoms with van der Waals surface area (Å²) in [5.74, 6) is 2.27. The van der Waals surface area contributed by atoms with Crippen LogP contribution in [0.5, 0.6) is 0 Å². The summed E-state index contributed by atoms with van der Waals surface area (Å²) in [5.41, 5.74) is 0.940. The first kappa shape index (κ1) is 16.2. The van der Waals surface area contributed by atoms with Crippen LogP contribution in [0.2, 0.25) is 5.15 Å². The Morgan fingerprint density at radius 3 is 2.53 bits per heavy atom. The summed E-state index contributed by atoms with van der Waals surface area (Å²) in [6.07, 6.45) is 0.785. The van der Waals surface area contributed by atoms with Gasteiger partial charge in [0.05, 0.1) is 6.61 Å². The first-order valence-electron chi connectivity index (χ1n) is 6.76. The Labute approximate surface area is 121 Å². The minimum Gasteiger partial charge on any atom is -0.383 e. The molecule has 0 aliphatic heterocycles. The predicted molar refractivity (Wildman–Crippen MR) is 80.1 cm³/mol. The Morgan fingerprint density at radius 2 is 2.00 bits per heavy atom. The molecule has 1 rings (SSSR count). The summed E-state index contributed by atoms with van der Waals surface area (Å²) in [7, 11) is 1.71. The average Bonchev–Trinajstić information content (AvgIpc) is 2.37. The van der Waals surface area contributed by atoms with Crippen molar-refractivity contribution < 1.29 is 4.74 Å². The number of halogens is 1. The molecule has 19 heavy (non-hydrogen) atoms. The molecule has 0 spiro atoms. The Morgan fingerprint density at radius 1 is 1.32 bits per heavy atom. The number of nitrogens with zero attached hydrogens (tertiary/aromatic N) is 3. The van der Waals surface area contributed by atoms with Gasteiger partial charge in [0, 0.05) is 32.2 Å². The average molecular weight is 286 g/mol. The summed E-state index contributed by atoms with van der Waals surface area (Å²) in [6.45, 7) is 10.8. The van der Waals surface area contributed by atoms with E-state index in [9.17, 15) is 0 Å². The minimum atomic E-state index is 0.549. The Hall–Kier alpha value is -0.870. The fraction of sp³-hybridized carbons (Fsp3) is 0.714. The van der Waals surface area contributed by atoms with Crippen molar-refractivity contribution >= 4 is 17.4 Å². The van der Waals surface area contributed by atoms with E-state index in [0.29, 0.717) is 17.7 Å². The number of hydrogen-bond acceptors (Lipinski definition) is 4. The van der Waals surface area contributed by atoms with Gasteiger partial charge in [-0.2, -0.15) is 0 Å². The van der Waals surface area contributed by atoms with Gasteiger partial charge >= 0.3 is 0 Å². The molecule has 0 atom stereocenters. The van der Waals surface area contributed by atoms with Gasteiger partial charge in [0.1, 0.15) is 16.8 Å². The van der Waals surface area contributed by atoms with Gasteiger partial charge in [0.2, 0.25) is 0 Å². The highest BCUT2D eigenvalue weighted by Crippen LogP contribution is 2.24. The van der Waals surface area contributed by atoms with Crippen molar-refractivity contribution in [3.05, 3.63) is 16.5 Å². The largest absolute Gasteiger partial charge is 0.383 e. The van der Waals surface area contributed by atoms with Gasteiger partial charge in [-0.15, -0.1) is 0 Å². The number of aromatic nitrogens is 2. The van der Waals surface area contributed by atoms with Gasteiger partial charge in [-0.05, 0) is 12.8 Å². The molecule has 0 bridgehead atoms. The van der Waals surface area contributed by atoms with Gasteiger partial charge in [0.25, 0.3) is 0 Å². The first-order valence-corrected chi connectivity index (χ1v) is 7.14. The van der Waals surface area contributed by atoms with Crippen molar-refractivity contribution in [1.82, 2.24) is 9.97 Å². The van der Waals surface area contributed by atoms with Gasteiger partial charge in [-0.1, -0.05) is 32.4 Å². The summed E-state index contributed by atoms with van der Waals surface area (Å²) >= 11 is 6.20. The standard InChI is InChI=1S/C14H24ClN3O/c1-6-12-16-13(15)11(4)14(17-12)18(7-8-19-5)9-10(2)3/h10H,6-9H2,1-5H3. The highest BCUT2D eigenvalue weighted by atomic mass is 35.5. The van der Waals surface area contributed by atoms with E-state index < -0.39 is 0 Å². The van der Waals surface area contributed by atoms with Crippen LogP contribution in [0.3, 0.4) is 0 Å². The molecule has 0 aromatic carbocycles. The molecule has 5 heteroatoms. The van der Waals surface area contributed by atoms with E-state index in [-0.39, 0.29) is 0 Å². The van der Waals surface area contributed by atoms with Crippen molar-refractivity contribution in [3.8, 4) is 0 Å². The SMILES string of the molecule is CCc1nc(Cl)c(C)c(N(CCOC)CC(C)C)n1. The fourth-order valence-corrected chi connectivity index (χ4v) is 2.09. The Kier molecular flexibility index (Phi) is 6.52. The number of ether oxygens (including phenoxy) is 1. The van der Waals surface area contributed by atoms with Crippen molar-refractivity contribution in [2.45, 2.75) is 34.1 Å². The molecule has 0 radical (unpaired) electrons. The van der Waals surface area contributed by atoms with Crippen LogP contribution in [0, 0.1) is 12.8 Å². The highest BCUT2D eigenvalue weighted by molar-refractivity contribution is 6.30. The van der Waals surface area contributed by atoms with Crippen LogP contribution >= 0.6 is 11.6 Å². The van der Waals surface area contributed by atoms with E-state index in [1.807, 2.05) is 13.8 Å². The second kappa shape index (κ2) is 7.65. The molecule has 0 fully saturated rings. The molecule has 0 aliphatic carbocycles. The molecular weight excluding hydrogens is 262 g/mol. The van der Waals surface area contributed by atoms with Crippen LogP contribution in [-0.2, 0) is 11.2 Å². The van der Waals surface area contributed by atoms with Crippen molar-refractivity contribution in [3.63, 3.8) is 0 Å². The maximum Gasteiger partial charge on any atom is 0.137 e. The summed E-state index contributed by atoms with van der Waals surface area (Å²) in [5, 5.41) is 0.549. The molecule has 0 aliphatic rings. The number of hydrogen-bond donors (Lipinski definition) is 0. The van der Waals surface area contributed by atoms with E-state index in [1.165, 1.54) is 0 Å². The van der Waals surface area contributed by atoms with Crippen LogP contribution in [0.1, 0.15) is 32.2 Å². The fourth-order valence-electron chi connectivity index (χ4n) is 1.91. The van der Waals surface area contributed by atoms with Crippen LogP contribution in [0.15, 0.2) is 0 Å². The van der Waals surface area contributed by atoms with E-state index >= 15 is 0 Å². The van der Waals surface area contributed by atoms with Crippen LogP contribution < -0.4 is 4.90 Å². The summed E-state index contributed by atoms with van der Waals surface area (Å²) in [6, 6.07) is 0. The number of methoxy groups -OCH3 is 1. The van der Waals surface area contributed by atoms with Crippen LogP contribution in [-0.4, -0.2) is 36.8 Å². The quantitative estimate of drug-likeness (QED) is 0.722. The monoisotopic (exact) mass is 285 g/mol. The molecule has 0 unspecified atom stereocenters. The van der Waals surface area contributed by atoms with E-state index in [4.69, 9.17) is 16.3 Å². The minimum absolute atomic E-state index is 0.549. The van der Waals surface area contributed by atoms with Gasteiger partial charge < -0.3 is 9.64 Å². The molecular formula is C14H24ClN3O. The third kappa shape index (κ3) is 4.62. The second-order valence-electron chi connectivity index (χ2n) is 5.07. The molecule has 0 amide bonds. The van der Waals surface area contributed by atoms with Crippen molar-refractivity contribution in [2.75, 3.05) is 31.7 Å². The lowest BCUT2D eigenvalue weighted by Crippen LogP contribution is -2.32. The normalized spacial score (nSPS) is 11.1. The number of anilines is 1. The maximum absolute atomic E-state index is 6.20. The lowest BCUT2D eigenvalue weighted by atomic mass is 10.2. The van der Waals surface area contributed by atoms with E-state index in [2.05, 4.69) is 28.7 Å². The summed E-state index contributed by atoms with van der Waals surface area (Å²) in [4.78, 5) is 11.2. The zero-order valence-corrected chi connectivity index (χ0v) is 13.3. The van der Waals surface area contributed by atoms with Gasteiger partial charge in [0.15, 0.2) is 0 Å². The van der Waals surface area contributed by atoms with Gasteiger partial charge in [-0.3, -0.25) is 0 Å². The molecule has 4 nitrogen and oxygen atoms in total. The summed E-state index contributed by atoms with van der Waals surface area (Å²) < 4.78 is 5.18. The maximum atomic E-state index is 6.20. The lowest BCUT2D eigenvalue weighted by Gasteiger charge is -2.27. The zero-order chi connectivity index (χ0) is 14.4. The molecule has 0 saturated heterocycles. The number of aryl methyl sites for hydroxylation is 1. The molecule has 1 aromatic heterocycles. The molecule has 1 aromatic rings. The Bertz CT molecular complexity index is 410. The van der Waals surface area contributed by atoms with E-state index in [0.717, 1.165) is 36.7 Å². The van der Waals surface area contributed by atoms with Crippen molar-refractivity contribution in [2.24, 2.45) is 5.92 Å². The first-order chi connectivity index (χ1) is 8.99.